The van der Waals surface area contributed by atoms with Crippen LogP contribution in [0.3, 0.4) is 0 Å². The van der Waals surface area contributed by atoms with E-state index >= 15 is 0 Å². The second-order valence-electron chi connectivity index (χ2n) is 6.89. The highest BCUT2D eigenvalue weighted by atomic mass is 16.2. The highest BCUT2D eigenvalue weighted by molar-refractivity contribution is 5.79. The first-order valence-electron chi connectivity index (χ1n) is 9.33. The Morgan fingerprint density at radius 2 is 1.81 bits per heavy atom. The van der Waals surface area contributed by atoms with Gasteiger partial charge in [0.1, 0.15) is 0 Å². The molecule has 2 heterocycles. The summed E-state index contributed by atoms with van der Waals surface area (Å²) in [6.07, 6.45) is 3.94. The summed E-state index contributed by atoms with van der Waals surface area (Å²) >= 11 is 0. The molecular weight excluding hydrogens is 340 g/mol. The Bertz CT molecular complexity index is 743. The minimum Gasteiger partial charge on any atom is -0.349 e. The number of piperazine rings is 1. The fourth-order valence-electron chi connectivity index (χ4n) is 3.39. The van der Waals surface area contributed by atoms with E-state index in [2.05, 4.69) is 21.3 Å². The van der Waals surface area contributed by atoms with Crippen LogP contribution in [0.1, 0.15) is 30.5 Å². The maximum atomic E-state index is 12.8. The molecule has 0 spiro atoms. The molecule has 0 bridgehead atoms. The molecule has 1 aliphatic rings. The number of pyridine rings is 1. The van der Waals surface area contributed by atoms with Crippen LogP contribution < -0.4 is 5.32 Å². The number of benzene rings is 1. The third-order valence-electron chi connectivity index (χ3n) is 4.81. The third-order valence-corrected chi connectivity index (χ3v) is 4.81. The molecule has 27 heavy (non-hydrogen) atoms. The van der Waals surface area contributed by atoms with Crippen molar-refractivity contribution in [1.29, 1.82) is 0 Å². The molecule has 2 amide bonds. The molecule has 1 unspecified atom stereocenters. The van der Waals surface area contributed by atoms with Gasteiger partial charge in [0.15, 0.2) is 0 Å². The smallest absolute Gasteiger partial charge is 0.225 e. The van der Waals surface area contributed by atoms with Crippen LogP contribution >= 0.6 is 0 Å². The summed E-state index contributed by atoms with van der Waals surface area (Å²) in [6, 6.07) is 13.4. The van der Waals surface area contributed by atoms with Gasteiger partial charge in [-0.2, -0.15) is 0 Å². The fraction of sp³-hybridized carbons (Fsp3) is 0.381. The van der Waals surface area contributed by atoms with Gasteiger partial charge in [-0.25, -0.2) is 0 Å². The zero-order valence-corrected chi connectivity index (χ0v) is 15.7. The summed E-state index contributed by atoms with van der Waals surface area (Å²) < 4.78 is 0. The van der Waals surface area contributed by atoms with Crippen LogP contribution in [-0.4, -0.2) is 52.8 Å². The maximum absolute atomic E-state index is 12.8. The summed E-state index contributed by atoms with van der Waals surface area (Å²) in [5, 5.41) is 2.90. The third kappa shape index (κ3) is 5.62. The van der Waals surface area contributed by atoms with Gasteiger partial charge in [-0.05, 0) is 17.2 Å². The molecule has 1 atom stereocenters. The molecule has 1 saturated heterocycles. The lowest BCUT2D eigenvalue weighted by molar-refractivity contribution is -0.133. The maximum Gasteiger partial charge on any atom is 0.225 e. The van der Waals surface area contributed by atoms with Crippen molar-refractivity contribution in [3.63, 3.8) is 0 Å². The number of rotatable bonds is 6. The standard InChI is InChI=1S/C21H26N4O2/c1-17(26)23-20(19-7-3-2-4-8-19)14-21(27)25-12-10-24(11-13-25)16-18-6-5-9-22-15-18/h2-9,15,20H,10-14,16H2,1H3,(H,23,26). The van der Waals surface area contributed by atoms with Crippen molar-refractivity contribution in [2.45, 2.75) is 25.9 Å². The van der Waals surface area contributed by atoms with Crippen LogP contribution in [0.5, 0.6) is 0 Å². The van der Waals surface area contributed by atoms with Gasteiger partial charge in [0.05, 0.1) is 12.5 Å². The monoisotopic (exact) mass is 366 g/mol. The van der Waals surface area contributed by atoms with Crippen molar-refractivity contribution in [3.05, 3.63) is 66.0 Å². The van der Waals surface area contributed by atoms with E-state index in [0.717, 1.165) is 25.2 Å². The van der Waals surface area contributed by atoms with Gasteiger partial charge in [0, 0.05) is 52.0 Å². The van der Waals surface area contributed by atoms with Crippen LogP contribution in [0.4, 0.5) is 0 Å². The number of carbonyl (C=O) groups is 2. The van der Waals surface area contributed by atoms with Crippen LogP contribution in [0.25, 0.3) is 0 Å². The average Bonchev–Trinajstić information content (AvgIpc) is 2.69. The Hall–Kier alpha value is -2.73. The predicted octanol–water partition coefficient (Wildman–Crippen LogP) is 1.99. The first kappa shape index (κ1) is 19.0. The Morgan fingerprint density at radius 3 is 2.44 bits per heavy atom. The Kier molecular flexibility index (Phi) is 6.54. The zero-order valence-electron chi connectivity index (χ0n) is 15.7. The molecular formula is C21H26N4O2. The van der Waals surface area contributed by atoms with Gasteiger partial charge in [0.25, 0.3) is 0 Å². The molecule has 3 rings (SSSR count). The lowest BCUT2D eigenvalue weighted by Crippen LogP contribution is -2.49. The van der Waals surface area contributed by atoms with Gasteiger partial charge < -0.3 is 10.2 Å². The molecule has 1 fully saturated rings. The quantitative estimate of drug-likeness (QED) is 0.849. The van der Waals surface area contributed by atoms with Crippen LogP contribution in [0.15, 0.2) is 54.9 Å². The molecule has 2 aromatic rings. The number of carbonyl (C=O) groups excluding carboxylic acids is 2. The second-order valence-corrected chi connectivity index (χ2v) is 6.89. The van der Waals surface area contributed by atoms with E-state index in [9.17, 15) is 9.59 Å². The zero-order chi connectivity index (χ0) is 19.1. The van der Waals surface area contributed by atoms with Crippen molar-refractivity contribution in [2.24, 2.45) is 0 Å². The van der Waals surface area contributed by atoms with Gasteiger partial charge in [-0.15, -0.1) is 0 Å². The van der Waals surface area contributed by atoms with Crippen LogP contribution in [-0.2, 0) is 16.1 Å². The summed E-state index contributed by atoms with van der Waals surface area (Å²) in [4.78, 5) is 32.7. The van der Waals surface area contributed by atoms with E-state index in [1.807, 2.05) is 47.5 Å². The van der Waals surface area contributed by atoms with Gasteiger partial charge >= 0.3 is 0 Å². The van der Waals surface area contributed by atoms with Crippen molar-refractivity contribution in [3.8, 4) is 0 Å². The highest BCUT2D eigenvalue weighted by Gasteiger charge is 2.24. The van der Waals surface area contributed by atoms with Crippen molar-refractivity contribution in [1.82, 2.24) is 20.1 Å². The van der Waals surface area contributed by atoms with Gasteiger partial charge in [-0.3, -0.25) is 19.5 Å². The number of amides is 2. The number of hydrogen-bond donors (Lipinski definition) is 1. The van der Waals surface area contributed by atoms with Gasteiger partial charge in [-0.1, -0.05) is 36.4 Å². The van der Waals surface area contributed by atoms with E-state index in [4.69, 9.17) is 0 Å². The number of hydrogen-bond acceptors (Lipinski definition) is 4. The topological polar surface area (TPSA) is 65.5 Å². The summed E-state index contributed by atoms with van der Waals surface area (Å²) in [5.74, 6) is -0.0448. The Morgan fingerprint density at radius 1 is 1.07 bits per heavy atom. The van der Waals surface area contributed by atoms with E-state index < -0.39 is 0 Å². The predicted molar refractivity (Wildman–Crippen MR) is 104 cm³/mol. The molecule has 1 N–H and O–H groups in total. The minimum atomic E-state index is -0.287. The number of nitrogens with one attached hydrogen (secondary N) is 1. The summed E-state index contributed by atoms with van der Waals surface area (Å²) in [7, 11) is 0. The SMILES string of the molecule is CC(=O)NC(CC(=O)N1CCN(Cc2cccnc2)CC1)c1ccccc1. The number of aromatic nitrogens is 1. The molecule has 6 heteroatoms. The van der Waals surface area contributed by atoms with Crippen molar-refractivity contribution in [2.75, 3.05) is 26.2 Å². The lowest BCUT2D eigenvalue weighted by atomic mass is 10.0. The molecule has 0 radical (unpaired) electrons. The fourth-order valence-corrected chi connectivity index (χ4v) is 3.39. The first-order chi connectivity index (χ1) is 13.1. The lowest BCUT2D eigenvalue weighted by Gasteiger charge is -2.35. The van der Waals surface area contributed by atoms with Crippen LogP contribution in [0, 0.1) is 0 Å². The second kappa shape index (κ2) is 9.28. The van der Waals surface area contributed by atoms with E-state index in [-0.39, 0.29) is 24.3 Å². The molecule has 1 aromatic heterocycles. The van der Waals surface area contributed by atoms with E-state index in [0.29, 0.717) is 13.1 Å². The van der Waals surface area contributed by atoms with Crippen LogP contribution in [0.2, 0.25) is 0 Å². The molecule has 1 aromatic carbocycles. The van der Waals surface area contributed by atoms with Crippen molar-refractivity contribution < 1.29 is 9.59 Å². The van der Waals surface area contributed by atoms with Crippen molar-refractivity contribution >= 4 is 11.8 Å². The molecule has 6 nitrogen and oxygen atoms in total. The van der Waals surface area contributed by atoms with E-state index in [1.54, 1.807) is 6.20 Å². The average molecular weight is 366 g/mol. The minimum absolute atomic E-state index is 0.0821. The first-order valence-corrected chi connectivity index (χ1v) is 9.33. The van der Waals surface area contributed by atoms with Gasteiger partial charge in [0.2, 0.25) is 11.8 Å². The molecule has 1 aliphatic heterocycles. The van der Waals surface area contributed by atoms with E-state index in [1.165, 1.54) is 12.5 Å². The number of nitrogens with zero attached hydrogens (tertiary/aromatic N) is 3. The molecule has 142 valence electrons. The summed E-state index contributed by atoms with van der Waals surface area (Å²) in [5.41, 5.74) is 2.14. The molecule has 0 saturated carbocycles. The molecule has 0 aliphatic carbocycles. The largest absolute Gasteiger partial charge is 0.349 e. The normalized spacial score (nSPS) is 16.0. The highest BCUT2D eigenvalue weighted by Crippen LogP contribution is 2.19. The Balaban J connectivity index is 1.54. The summed E-state index contributed by atoms with van der Waals surface area (Å²) in [6.45, 7) is 5.45. The Labute approximate surface area is 160 Å².